The quantitative estimate of drug-likeness (QED) is 0.493. The largest absolute Gasteiger partial charge is 0.453 e. The van der Waals surface area contributed by atoms with Crippen LogP contribution < -0.4 is 10.1 Å². The predicted octanol–water partition coefficient (Wildman–Crippen LogP) is 6.56. The Labute approximate surface area is 181 Å². The van der Waals surface area contributed by atoms with Crippen molar-refractivity contribution in [2.75, 3.05) is 5.32 Å². The second-order valence-corrected chi connectivity index (χ2v) is 8.37. The van der Waals surface area contributed by atoms with E-state index >= 15 is 0 Å². The van der Waals surface area contributed by atoms with Crippen LogP contribution in [0, 0.1) is 5.92 Å². The molecule has 1 aliphatic rings. The first-order chi connectivity index (χ1) is 14.7. The fraction of sp³-hybridized carbons (Fsp3) is 0.208. The molecule has 3 heterocycles. The molecule has 0 saturated heterocycles. The minimum absolute atomic E-state index is 0.397. The second-order valence-electron chi connectivity index (χ2n) is 7.22. The number of ether oxygens (including phenoxy) is 1. The van der Waals surface area contributed by atoms with E-state index in [4.69, 9.17) is 9.73 Å². The van der Waals surface area contributed by atoms with Gasteiger partial charge in [-0.2, -0.15) is 0 Å². The topological polar surface area (TPSA) is 59.4 Å². The lowest BCUT2D eigenvalue weighted by atomic mass is 10.1. The summed E-state index contributed by atoms with van der Waals surface area (Å²) >= 11 is 1.62. The maximum Gasteiger partial charge on any atom is 0.174 e. The number of benzene rings is 1. The Morgan fingerprint density at radius 1 is 1.03 bits per heavy atom. The van der Waals surface area contributed by atoms with Gasteiger partial charge < -0.3 is 10.1 Å². The molecule has 5 nitrogen and oxygen atoms in total. The zero-order valence-electron chi connectivity index (χ0n) is 17.1. The van der Waals surface area contributed by atoms with E-state index in [1.54, 1.807) is 24.2 Å². The molecule has 3 aromatic rings. The van der Waals surface area contributed by atoms with Gasteiger partial charge in [-0.3, -0.25) is 4.98 Å². The summed E-state index contributed by atoms with van der Waals surface area (Å²) < 4.78 is 6.18. The summed E-state index contributed by atoms with van der Waals surface area (Å²) in [6.45, 7) is 4.32. The molecule has 1 aromatic carbocycles. The summed E-state index contributed by atoms with van der Waals surface area (Å²) in [7, 11) is 0. The molecular formula is C24H24N4OS. The molecule has 152 valence electrons. The second kappa shape index (κ2) is 9.59. The van der Waals surface area contributed by atoms with Crippen molar-refractivity contribution in [1.82, 2.24) is 9.97 Å². The van der Waals surface area contributed by atoms with Crippen LogP contribution in [0.1, 0.15) is 26.7 Å². The van der Waals surface area contributed by atoms with E-state index in [2.05, 4.69) is 35.2 Å². The van der Waals surface area contributed by atoms with Crippen molar-refractivity contribution in [2.45, 2.75) is 36.5 Å². The van der Waals surface area contributed by atoms with E-state index in [0.29, 0.717) is 17.5 Å². The normalized spacial score (nSPS) is 13.6. The van der Waals surface area contributed by atoms with Gasteiger partial charge in [0, 0.05) is 46.6 Å². The standard InChI is InChI=1S/C24H24N4OS/c1-17(2)21-9-6-10-23(27-21)28-24-22(29-18-7-4-3-5-8-18)15-20(16-26-24)30-19-11-13-25-14-12-19/h3-5,7-9,11-17H,6,10H2,1-2H3,(H,26,27,28). The van der Waals surface area contributed by atoms with Crippen molar-refractivity contribution in [3.63, 3.8) is 0 Å². The number of anilines is 1. The number of pyridine rings is 2. The van der Waals surface area contributed by atoms with Gasteiger partial charge in [-0.25, -0.2) is 9.98 Å². The average molecular weight is 417 g/mol. The third-order valence-electron chi connectivity index (χ3n) is 4.54. The minimum atomic E-state index is 0.397. The third kappa shape index (κ3) is 5.27. The summed E-state index contributed by atoms with van der Waals surface area (Å²) in [5, 5.41) is 3.40. The zero-order valence-corrected chi connectivity index (χ0v) is 17.9. The Kier molecular flexibility index (Phi) is 6.44. The summed E-state index contributed by atoms with van der Waals surface area (Å²) in [6.07, 6.45) is 9.47. The minimum Gasteiger partial charge on any atom is -0.453 e. The van der Waals surface area contributed by atoms with Crippen molar-refractivity contribution >= 4 is 23.4 Å². The number of nitrogens with zero attached hydrogens (tertiary/aromatic N) is 3. The van der Waals surface area contributed by atoms with Crippen LogP contribution in [0.2, 0.25) is 0 Å². The molecule has 0 fully saturated rings. The van der Waals surface area contributed by atoms with Gasteiger partial charge in [0.05, 0.1) is 0 Å². The molecule has 0 aliphatic carbocycles. The monoisotopic (exact) mass is 416 g/mol. The SMILES string of the molecule is CC(C)C1=CCCC(Nc2ncc(Sc3ccncc3)cc2Oc2ccccc2)=N1. The van der Waals surface area contributed by atoms with E-state index in [1.165, 1.54) is 0 Å². The molecule has 0 unspecified atom stereocenters. The molecule has 0 saturated carbocycles. The van der Waals surface area contributed by atoms with Gasteiger partial charge >= 0.3 is 0 Å². The number of para-hydroxylation sites is 1. The van der Waals surface area contributed by atoms with Gasteiger partial charge in [0.25, 0.3) is 0 Å². The van der Waals surface area contributed by atoms with E-state index < -0.39 is 0 Å². The Morgan fingerprint density at radius 3 is 2.60 bits per heavy atom. The molecule has 0 amide bonds. The van der Waals surface area contributed by atoms with Crippen molar-refractivity contribution in [2.24, 2.45) is 10.9 Å². The van der Waals surface area contributed by atoms with Gasteiger partial charge in [0.2, 0.25) is 0 Å². The van der Waals surface area contributed by atoms with Gasteiger partial charge in [-0.1, -0.05) is 49.9 Å². The van der Waals surface area contributed by atoms with Crippen LogP contribution in [-0.2, 0) is 0 Å². The Hall–Kier alpha value is -3.12. The Morgan fingerprint density at radius 2 is 1.83 bits per heavy atom. The summed E-state index contributed by atoms with van der Waals surface area (Å²) in [5.74, 6) is 3.42. The van der Waals surface area contributed by atoms with Crippen LogP contribution in [-0.4, -0.2) is 15.8 Å². The fourth-order valence-corrected chi connectivity index (χ4v) is 3.82. The van der Waals surface area contributed by atoms with Gasteiger partial charge in [-0.15, -0.1) is 0 Å². The van der Waals surface area contributed by atoms with E-state index in [-0.39, 0.29) is 0 Å². The number of allylic oxidation sites excluding steroid dienone is 2. The lowest BCUT2D eigenvalue weighted by Crippen LogP contribution is -2.17. The molecule has 0 radical (unpaired) electrons. The Balaban J connectivity index is 1.62. The summed E-state index contributed by atoms with van der Waals surface area (Å²) in [5.41, 5.74) is 1.11. The highest BCUT2D eigenvalue weighted by Gasteiger charge is 2.15. The third-order valence-corrected chi connectivity index (χ3v) is 5.50. The lowest BCUT2D eigenvalue weighted by molar-refractivity contribution is 0.481. The van der Waals surface area contributed by atoms with Crippen LogP contribution >= 0.6 is 11.8 Å². The van der Waals surface area contributed by atoms with Gasteiger partial charge in [0.1, 0.15) is 11.6 Å². The molecule has 4 rings (SSSR count). The van der Waals surface area contributed by atoms with Crippen LogP contribution in [0.3, 0.4) is 0 Å². The molecular weight excluding hydrogens is 392 g/mol. The number of hydrogen-bond donors (Lipinski definition) is 1. The van der Waals surface area contributed by atoms with E-state index in [9.17, 15) is 0 Å². The molecule has 30 heavy (non-hydrogen) atoms. The molecule has 6 heteroatoms. The van der Waals surface area contributed by atoms with Crippen molar-refractivity contribution < 1.29 is 4.74 Å². The number of aliphatic imine (C=N–C) groups is 1. The van der Waals surface area contributed by atoms with Crippen LogP contribution in [0.15, 0.2) is 93.7 Å². The van der Waals surface area contributed by atoms with Crippen molar-refractivity contribution in [3.8, 4) is 11.5 Å². The smallest absolute Gasteiger partial charge is 0.174 e. The summed E-state index contributed by atoms with van der Waals surface area (Å²) in [6, 6.07) is 15.7. The average Bonchev–Trinajstić information content (AvgIpc) is 2.77. The highest BCUT2D eigenvalue weighted by Crippen LogP contribution is 2.35. The van der Waals surface area contributed by atoms with Gasteiger partial charge in [0.15, 0.2) is 11.6 Å². The first-order valence-corrected chi connectivity index (χ1v) is 10.8. The molecule has 1 N–H and O–H groups in total. The maximum atomic E-state index is 6.18. The van der Waals surface area contributed by atoms with Crippen molar-refractivity contribution in [3.05, 3.63) is 78.9 Å². The lowest BCUT2D eigenvalue weighted by Gasteiger charge is -2.18. The maximum absolute atomic E-state index is 6.18. The number of amidine groups is 1. The van der Waals surface area contributed by atoms with Crippen LogP contribution in [0.25, 0.3) is 0 Å². The Bertz CT molecular complexity index is 1050. The van der Waals surface area contributed by atoms with Crippen LogP contribution in [0.4, 0.5) is 5.82 Å². The first-order valence-electron chi connectivity index (χ1n) is 10.0. The highest BCUT2D eigenvalue weighted by atomic mass is 32.2. The van der Waals surface area contributed by atoms with E-state index in [0.717, 1.165) is 39.9 Å². The van der Waals surface area contributed by atoms with Crippen molar-refractivity contribution in [1.29, 1.82) is 0 Å². The molecule has 0 spiro atoms. The van der Waals surface area contributed by atoms with Crippen LogP contribution in [0.5, 0.6) is 11.5 Å². The number of aromatic nitrogens is 2. The molecule has 0 atom stereocenters. The zero-order chi connectivity index (χ0) is 20.8. The molecule has 0 bridgehead atoms. The number of nitrogens with one attached hydrogen (secondary N) is 1. The highest BCUT2D eigenvalue weighted by molar-refractivity contribution is 7.99. The number of hydrogen-bond acceptors (Lipinski definition) is 6. The predicted molar refractivity (Wildman–Crippen MR) is 122 cm³/mol. The van der Waals surface area contributed by atoms with E-state index in [1.807, 2.05) is 54.7 Å². The molecule has 2 aromatic heterocycles. The van der Waals surface area contributed by atoms with Gasteiger partial charge in [-0.05, 0) is 36.6 Å². The fourth-order valence-electron chi connectivity index (χ4n) is 3.02. The first kappa shape index (κ1) is 20.2. The number of rotatable bonds is 6. The molecule has 1 aliphatic heterocycles. The summed E-state index contributed by atoms with van der Waals surface area (Å²) in [4.78, 5) is 15.6.